The van der Waals surface area contributed by atoms with Gasteiger partial charge >= 0.3 is 6.18 Å². The lowest BCUT2D eigenvalue weighted by Gasteiger charge is -2.16. The first-order valence-electron chi connectivity index (χ1n) is 6.83. The Bertz CT molecular complexity index is 767. The summed E-state index contributed by atoms with van der Waals surface area (Å²) >= 11 is 0. The van der Waals surface area contributed by atoms with Gasteiger partial charge < -0.3 is 15.2 Å². The highest BCUT2D eigenvalue weighted by Crippen LogP contribution is 2.39. The van der Waals surface area contributed by atoms with E-state index in [9.17, 15) is 13.2 Å². The molecule has 1 aliphatic heterocycles. The molecule has 0 spiro atoms. The number of methoxy groups -OCH3 is 1. The fourth-order valence-electron chi connectivity index (χ4n) is 2.34. The summed E-state index contributed by atoms with van der Waals surface area (Å²) in [5, 5.41) is 0. The Kier molecular flexibility index (Phi) is 3.97. The molecule has 0 radical (unpaired) electrons. The maximum absolute atomic E-state index is 13.0. The minimum absolute atomic E-state index is 0.134. The molecular weight excluding hydrogens is 327 g/mol. The average Bonchev–Trinajstić information content (AvgIpc) is 2.99. The van der Waals surface area contributed by atoms with Crippen molar-refractivity contribution in [2.24, 2.45) is 0 Å². The van der Waals surface area contributed by atoms with Crippen LogP contribution in [-0.4, -0.2) is 12.1 Å². The van der Waals surface area contributed by atoms with E-state index in [1.807, 2.05) is 0 Å². The van der Waals surface area contributed by atoms with Crippen LogP contribution in [0.4, 0.5) is 30.5 Å². The first kappa shape index (κ1) is 16.0. The van der Waals surface area contributed by atoms with E-state index < -0.39 is 11.7 Å². The highest BCUT2D eigenvalue weighted by molar-refractivity contribution is 5.76. The van der Waals surface area contributed by atoms with Crippen LogP contribution in [0.15, 0.2) is 24.3 Å². The first-order valence-corrected chi connectivity index (χ1v) is 6.83. The van der Waals surface area contributed by atoms with E-state index in [-0.39, 0.29) is 23.7 Å². The van der Waals surface area contributed by atoms with Crippen LogP contribution in [0.3, 0.4) is 0 Å². The van der Waals surface area contributed by atoms with Crippen LogP contribution in [0.1, 0.15) is 11.1 Å². The van der Waals surface area contributed by atoms with Crippen molar-refractivity contribution >= 4 is 17.3 Å². The quantitative estimate of drug-likeness (QED) is 0.679. The number of nitrogen functional groups attached to an aromatic ring is 1. The molecule has 2 heterocycles. The molecule has 1 aliphatic rings. The number of aromatic nitrogens is 1. The van der Waals surface area contributed by atoms with Crippen LogP contribution in [0.2, 0.25) is 0 Å². The van der Waals surface area contributed by atoms with Gasteiger partial charge in [0.2, 0.25) is 0 Å². The number of nitrogens with one attached hydrogen (secondary N) is 3. The van der Waals surface area contributed by atoms with Crippen molar-refractivity contribution in [3.63, 3.8) is 0 Å². The molecule has 5 N–H and O–H groups in total. The van der Waals surface area contributed by atoms with Gasteiger partial charge in [-0.05, 0) is 6.07 Å². The number of fused-ring (bicyclic) bond motifs is 1. The Morgan fingerprint density at radius 2 is 2.04 bits per heavy atom. The van der Waals surface area contributed by atoms with E-state index in [0.717, 1.165) is 6.07 Å². The summed E-state index contributed by atoms with van der Waals surface area (Å²) in [5.41, 5.74) is 13.7. The number of benzene rings is 1. The van der Waals surface area contributed by atoms with Crippen LogP contribution in [0.25, 0.3) is 0 Å². The average molecular weight is 341 g/mol. The second kappa shape index (κ2) is 5.96. The van der Waals surface area contributed by atoms with Crippen LogP contribution in [0.5, 0.6) is 11.5 Å². The van der Waals surface area contributed by atoms with Crippen LogP contribution in [0, 0.1) is 0 Å². The fraction of sp³-hybridized carbons (Fsp3) is 0.214. The van der Waals surface area contributed by atoms with E-state index >= 15 is 0 Å². The lowest BCUT2D eigenvalue weighted by atomic mass is 10.1. The molecule has 1 aromatic carbocycles. The van der Waals surface area contributed by atoms with Crippen LogP contribution >= 0.6 is 0 Å². The van der Waals surface area contributed by atoms with Gasteiger partial charge in [0, 0.05) is 11.6 Å². The van der Waals surface area contributed by atoms with Gasteiger partial charge in [0.05, 0.1) is 12.7 Å². The molecule has 10 heteroatoms. The smallest absolute Gasteiger partial charge is 0.419 e. The number of rotatable bonds is 4. The summed E-state index contributed by atoms with van der Waals surface area (Å²) in [4.78, 5) is 4.04. The van der Waals surface area contributed by atoms with Crippen molar-refractivity contribution in [1.82, 2.24) is 10.5 Å². The topological polar surface area (TPSA) is 93.5 Å². The zero-order valence-corrected chi connectivity index (χ0v) is 12.5. The number of nitrogens with zero attached hydrogens (tertiary/aromatic N) is 1. The van der Waals surface area contributed by atoms with Gasteiger partial charge in [-0.2, -0.15) is 13.2 Å². The normalized spacial score (nSPS) is 13.0. The summed E-state index contributed by atoms with van der Waals surface area (Å²) in [5.74, 6) is 0.709. The highest BCUT2D eigenvalue weighted by atomic mass is 19.4. The maximum atomic E-state index is 13.0. The van der Waals surface area contributed by atoms with Crippen molar-refractivity contribution in [1.29, 1.82) is 0 Å². The largest absolute Gasteiger partial charge is 0.496 e. The summed E-state index contributed by atoms with van der Waals surface area (Å²) in [6.45, 7) is -0.134. The van der Waals surface area contributed by atoms with Crippen LogP contribution < -0.4 is 31.6 Å². The molecule has 1 aromatic heterocycles. The highest BCUT2D eigenvalue weighted by Gasteiger charge is 2.35. The zero-order chi connectivity index (χ0) is 17.3. The number of para-hydroxylation sites is 1. The Morgan fingerprint density at radius 3 is 2.75 bits per heavy atom. The minimum Gasteiger partial charge on any atom is -0.496 e. The van der Waals surface area contributed by atoms with E-state index in [0.29, 0.717) is 17.3 Å². The van der Waals surface area contributed by atoms with Gasteiger partial charge in [-0.1, -0.05) is 12.1 Å². The number of hydrogen-bond acceptors (Lipinski definition) is 7. The molecule has 2 aromatic rings. The van der Waals surface area contributed by atoms with Gasteiger partial charge in [-0.15, -0.1) is 5.53 Å². The molecule has 128 valence electrons. The van der Waals surface area contributed by atoms with Crippen molar-refractivity contribution in [3.8, 4) is 11.5 Å². The molecular formula is C14H14F3N5O2. The molecule has 0 atom stereocenters. The number of hydrogen-bond donors (Lipinski definition) is 4. The Labute approximate surface area is 134 Å². The van der Waals surface area contributed by atoms with Crippen molar-refractivity contribution in [2.75, 3.05) is 23.7 Å². The summed E-state index contributed by atoms with van der Waals surface area (Å²) in [6, 6.07) is 5.24. The molecule has 24 heavy (non-hydrogen) atoms. The van der Waals surface area contributed by atoms with E-state index in [1.54, 1.807) is 0 Å². The predicted molar refractivity (Wildman–Crippen MR) is 81.4 cm³/mol. The number of alkyl halides is 3. The molecule has 0 unspecified atom stereocenters. The zero-order valence-electron chi connectivity index (χ0n) is 12.5. The van der Waals surface area contributed by atoms with Crippen LogP contribution in [-0.2, 0) is 12.8 Å². The fourth-order valence-corrected chi connectivity index (χ4v) is 2.34. The third-order valence-corrected chi connectivity index (χ3v) is 3.36. The van der Waals surface area contributed by atoms with Gasteiger partial charge in [0.15, 0.2) is 11.6 Å². The molecule has 0 fully saturated rings. The number of ether oxygens (including phenoxy) is 2. The number of halogens is 3. The molecule has 0 bridgehead atoms. The standard InChI is InChI=1S/C14H14F3N5O2/c1-23-12-7(3-2-4-8(12)14(15,16)17)6-24-9-5-10(18)19-13-11(9)20-22-21-13/h2-5,20,22H,6H2,1H3,(H3,18,19,21). The summed E-state index contributed by atoms with van der Waals surface area (Å²) < 4.78 is 49.7. The molecule has 7 nitrogen and oxygen atoms in total. The molecule has 3 rings (SSSR count). The van der Waals surface area contributed by atoms with E-state index in [4.69, 9.17) is 15.2 Å². The maximum Gasteiger partial charge on any atom is 0.419 e. The predicted octanol–water partition coefficient (Wildman–Crippen LogP) is 2.53. The van der Waals surface area contributed by atoms with Gasteiger partial charge in [-0.25, -0.2) is 4.98 Å². The third-order valence-electron chi connectivity index (χ3n) is 3.36. The SMILES string of the molecule is COc1c(COc2cc(N)nc3c2NNN3)cccc1C(F)(F)F. The van der Waals surface area contributed by atoms with Gasteiger partial charge in [-0.3, -0.25) is 10.9 Å². The third kappa shape index (κ3) is 2.95. The van der Waals surface area contributed by atoms with Crippen molar-refractivity contribution < 1.29 is 22.6 Å². The summed E-state index contributed by atoms with van der Waals surface area (Å²) in [7, 11) is 1.19. The second-order valence-electron chi connectivity index (χ2n) is 4.93. The second-order valence-corrected chi connectivity index (χ2v) is 4.93. The lowest BCUT2D eigenvalue weighted by molar-refractivity contribution is -0.138. The van der Waals surface area contributed by atoms with E-state index in [1.165, 1.54) is 25.3 Å². The molecule has 0 saturated heterocycles. The monoisotopic (exact) mass is 341 g/mol. The Morgan fingerprint density at radius 1 is 1.25 bits per heavy atom. The Balaban J connectivity index is 1.88. The van der Waals surface area contributed by atoms with E-state index in [2.05, 4.69) is 21.4 Å². The molecule has 0 saturated carbocycles. The minimum atomic E-state index is -4.51. The van der Waals surface area contributed by atoms with Gasteiger partial charge in [0.25, 0.3) is 0 Å². The number of hydrazine groups is 2. The van der Waals surface area contributed by atoms with Crippen molar-refractivity contribution in [3.05, 3.63) is 35.4 Å². The first-order chi connectivity index (χ1) is 11.4. The number of pyridine rings is 1. The summed E-state index contributed by atoms with van der Waals surface area (Å²) in [6.07, 6.45) is -4.51. The Hall–Kier alpha value is -2.88. The number of anilines is 3. The molecule has 0 aliphatic carbocycles. The lowest BCUT2D eigenvalue weighted by Crippen LogP contribution is -2.19. The van der Waals surface area contributed by atoms with Crippen molar-refractivity contribution in [2.45, 2.75) is 12.8 Å². The number of nitrogens with two attached hydrogens (primary N) is 1. The molecule has 0 amide bonds. The van der Waals surface area contributed by atoms with Gasteiger partial charge in [0.1, 0.15) is 23.9 Å².